The third kappa shape index (κ3) is 74.0. The average Bonchev–Trinajstić information content (AvgIpc) is 0.924. The first-order valence-corrected chi connectivity index (χ1v) is 43.1. The highest BCUT2D eigenvalue weighted by Gasteiger charge is 2.30. The van der Waals surface area contributed by atoms with Crippen molar-refractivity contribution in [1.82, 2.24) is 0 Å². The van der Waals surface area contributed by atoms with Gasteiger partial charge in [0, 0.05) is 25.7 Å². The minimum Gasteiger partial charge on any atom is -0.462 e. The fourth-order valence-electron chi connectivity index (χ4n) is 10.6. The van der Waals surface area contributed by atoms with Crippen LogP contribution in [-0.2, 0) is 65.4 Å². The van der Waals surface area contributed by atoms with E-state index in [1.54, 1.807) is 0 Å². The lowest BCUT2D eigenvalue weighted by Crippen LogP contribution is -2.30. The number of allylic oxidation sites excluding steroid dienone is 18. The van der Waals surface area contributed by atoms with Crippen molar-refractivity contribution in [3.63, 3.8) is 0 Å². The zero-order valence-electron chi connectivity index (χ0n) is 64.3. The number of rotatable bonds is 75. The summed E-state index contributed by atoms with van der Waals surface area (Å²) in [5.74, 6) is -2.28. The maximum Gasteiger partial charge on any atom is 0.472 e. The molecule has 0 heterocycles. The summed E-state index contributed by atoms with van der Waals surface area (Å²) in [5, 5.41) is 10.6. The Morgan fingerprint density at radius 3 is 0.843 bits per heavy atom. The molecule has 2 unspecified atom stereocenters. The normalized spacial score (nSPS) is 14.5. The van der Waals surface area contributed by atoms with Crippen LogP contribution in [0.4, 0.5) is 0 Å². The van der Waals surface area contributed by atoms with Gasteiger partial charge in [-0.05, 0) is 141 Å². The van der Waals surface area contributed by atoms with Crippen LogP contribution in [0.3, 0.4) is 0 Å². The molecule has 0 saturated heterocycles. The molecule has 588 valence electrons. The van der Waals surface area contributed by atoms with E-state index in [0.717, 1.165) is 161 Å². The van der Waals surface area contributed by atoms with Gasteiger partial charge in [0.1, 0.15) is 19.3 Å². The topological polar surface area (TPSA) is 237 Å². The number of ether oxygens (including phenoxy) is 4. The van der Waals surface area contributed by atoms with E-state index >= 15 is 0 Å². The van der Waals surface area contributed by atoms with Gasteiger partial charge < -0.3 is 33.8 Å². The number of aliphatic hydroxyl groups is 1. The van der Waals surface area contributed by atoms with Crippen molar-refractivity contribution in [2.24, 2.45) is 0 Å². The van der Waals surface area contributed by atoms with Crippen LogP contribution in [0.5, 0.6) is 0 Å². The van der Waals surface area contributed by atoms with Crippen molar-refractivity contribution in [1.29, 1.82) is 0 Å². The van der Waals surface area contributed by atoms with Gasteiger partial charge in [-0.3, -0.25) is 37.3 Å². The van der Waals surface area contributed by atoms with Crippen molar-refractivity contribution >= 4 is 39.5 Å². The molecule has 19 heteroatoms. The fourth-order valence-corrected chi connectivity index (χ4v) is 12.2. The van der Waals surface area contributed by atoms with E-state index in [1.165, 1.54) is 89.9 Å². The Bertz CT molecular complexity index is 2360. The van der Waals surface area contributed by atoms with E-state index < -0.39 is 97.5 Å². The first-order valence-electron chi connectivity index (χ1n) is 40.1. The van der Waals surface area contributed by atoms with E-state index in [0.29, 0.717) is 32.1 Å². The predicted octanol–water partition coefficient (Wildman–Crippen LogP) is 23.3. The highest BCUT2D eigenvalue weighted by atomic mass is 31.2. The minimum absolute atomic E-state index is 0.0348. The number of esters is 4. The lowest BCUT2D eigenvalue weighted by atomic mass is 10.1. The molecule has 0 aliphatic heterocycles. The van der Waals surface area contributed by atoms with Gasteiger partial charge >= 0.3 is 39.5 Å². The number of phosphoric ester groups is 2. The van der Waals surface area contributed by atoms with Crippen LogP contribution < -0.4 is 0 Å². The molecule has 0 spiro atoms. The second-order valence-electron chi connectivity index (χ2n) is 26.6. The van der Waals surface area contributed by atoms with Crippen molar-refractivity contribution < 1.29 is 80.2 Å². The molecular weight excluding hydrogens is 1330 g/mol. The number of carbonyl (C=O) groups is 4. The number of aliphatic hydroxyl groups excluding tert-OH is 1. The van der Waals surface area contributed by atoms with E-state index in [-0.39, 0.29) is 25.7 Å². The van der Waals surface area contributed by atoms with Crippen LogP contribution in [-0.4, -0.2) is 96.7 Å². The molecule has 0 radical (unpaired) electrons. The average molecular weight is 1480 g/mol. The molecule has 0 aliphatic carbocycles. The molecule has 0 saturated carbocycles. The standard InChI is InChI=1S/C83H144O17P2/c1-5-9-13-17-21-25-29-33-36-37-38-39-42-45-48-52-56-60-64-68-81(86)94-74-79(100-83(88)70-66-62-58-54-50-46-41-35-31-27-23-19-15-11-7-3)76-98-102(91,92)96-72-77(84)71-95-101(89,90)97-75-78(99-82(87)69-65-61-57-53-49-43-32-28-24-20-16-12-8-4)73-93-80(85)67-63-59-55-51-47-44-40-34-30-26-22-18-14-10-6-2/h9,13,21,25-28,30-33,36,38-39,45,48,56,60,77-79,84H,5-8,10-12,14-20,22-24,29,34-35,37,40-44,46-47,49-55,57-59,61-76H2,1-4H3,(H,89,90)(H,91,92)/b13-9-,25-21-,30-26-,31-27-,32-28-,36-33-,39-38-,48-45-,60-56-/t77-,78+,79+/m0/s1. The first-order chi connectivity index (χ1) is 49.7. The van der Waals surface area contributed by atoms with E-state index in [9.17, 15) is 43.2 Å². The summed E-state index contributed by atoms with van der Waals surface area (Å²) < 4.78 is 68.5. The molecule has 5 atom stereocenters. The molecule has 0 aromatic rings. The van der Waals surface area contributed by atoms with Gasteiger partial charge in [-0.2, -0.15) is 0 Å². The SMILES string of the molecule is CC/C=C\C/C=C\C/C=C\C/C=C\C/C=C\C/C=C\CCC(=O)OC[C@H](COP(=O)(O)OC[C@@H](O)COP(=O)(O)OC[C@@H](COC(=O)CCCCCCCCC/C=C\CCCCCC)OC(=O)CCCCCCC/C=C\CCCCCC)OC(=O)CCCCCCCCC/C=C\CCCCCC. The van der Waals surface area contributed by atoms with Gasteiger partial charge in [0.05, 0.1) is 26.4 Å². The Labute approximate surface area is 619 Å². The molecule has 0 aromatic heterocycles. The third-order valence-electron chi connectivity index (χ3n) is 16.7. The summed E-state index contributed by atoms with van der Waals surface area (Å²) in [5.41, 5.74) is 0. The lowest BCUT2D eigenvalue weighted by Gasteiger charge is -2.21. The number of phosphoric acid groups is 2. The highest BCUT2D eigenvalue weighted by molar-refractivity contribution is 7.47. The molecule has 17 nitrogen and oxygen atoms in total. The molecule has 0 rings (SSSR count). The zero-order chi connectivity index (χ0) is 74.6. The summed E-state index contributed by atoms with van der Waals surface area (Å²) in [7, 11) is -9.98. The Kier molecular flexibility index (Phi) is 71.8. The summed E-state index contributed by atoms with van der Waals surface area (Å²) in [4.78, 5) is 73.0. The van der Waals surface area contributed by atoms with E-state index in [2.05, 4.69) is 119 Å². The Hall–Kier alpha value is -4.28. The minimum atomic E-state index is -4.99. The summed E-state index contributed by atoms with van der Waals surface area (Å²) in [6.07, 6.45) is 80.8. The molecule has 0 aliphatic rings. The van der Waals surface area contributed by atoms with Gasteiger partial charge in [-0.1, -0.05) is 278 Å². The van der Waals surface area contributed by atoms with Crippen LogP contribution in [0.15, 0.2) is 109 Å². The predicted molar refractivity (Wildman–Crippen MR) is 418 cm³/mol. The van der Waals surface area contributed by atoms with Crippen LogP contribution in [0, 0.1) is 0 Å². The van der Waals surface area contributed by atoms with Crippen LogP contribution in [0.2, 0.25) is 0 Å². The first kappa shape index (κ1) is 97.7. The Morgan fingerprint density at radius 2 is 0.529 bits per heavy atom. The number of carbonyl (C=O) groups excluding carboxylic acids is 4. The van der Waals surface area contributed by atoms with Crippen LogP contribution >= 0.6 is 15.6 Å². The van der Waals surface area contributed by atoms with Crippen molar-refractivity contribution in [2.45, 2.75) is 354 Å². The largest absolute Gasteiger partial charge is 0.472 e. The smallest absolute Gasteiger partial charge is 0.462 e. The van der Waals surface area contributed by atoms with Gasteiger partial charge in [0.2, 0.25) is 0 Å². The van der Waals surface area contributed by atoms with Crippen LogP contribution in [0.1, 0.15) is 336 Å². The van der Waals surface area contributed by atoms with Gasteiger partial charge in [-0.15, -0.1) is 0 Å². The van der Waals surface area contributed by atoms with Crippen molar-refractivity contribution in [3.8, 4) is 0 Å². The molecular formula is C83H144O17P2. The zero-order valence-corrected chi connectivity index (χ0v) is 66.0. The summed E-state index contributed by atoms with van der Waals surface area (Å²) in [6, 6.07) is 0. The van der Waals surface area contributed by atoms with Crippen molar-refractivity contribution in [3.05, 3.63) is 109 Å². The quantitative estimate of drug-likeness (QED) is 0.0169. The second-order valence-corrected chi connectivity index (χ2v) is 29.5. The number of hydrogen-bond acceptors (Lipinski definition) is 15. The Morgan fingerprint density at radius 1 is 0.284 bits per heavy atom. The van der Waals surface area contributed by atoms with Gasteiger partial charge in [-0.25, -0.2) is 9.13 Å². The number of hydrogen-bond donors (Lipinski definition) is 3. The maximum atomic E-state index is 13.1. The molecule has 0 aromatic carbocycles. The fraction of sp³-hybridized carbons (Fsp3) is 0.735. The second kappa shape index (κ2) is 75.0. The van der Waals surface area contributed by atoms with Gasteiger partial charge in [0.25, 0.3) is 0 Å². The Balaban J connectivity index is 5.41. The molecule has 102 heavy (non-hydrogen) atoms. The summed E-state index contributed by atoms with van der Waals surface area (Å²) in [6.45, 7) is 4.65. The lowest BCUT2D eigenvalue weighted by molar-refractivity contribution is -0.161. The monoisotopic (exact) mass is 1470 g/mol. The highest BCUT2D eigenvalue weighted by Crippen LogP contribution is 2.45. The van der Waals surface area contributed by atoms with Crippen molar-refractivity contribution in [2.75, 3.05) is 39.6 Å². The maximum absolute atomic E-state index is 13.1. The van der Waals surface area contributed by atoms with E-state index in [4.69, 9.17) is 37.0 Å². The third-order valence-corrected chi connectivity index (χ3v) is 18.6. The molecule has 3 N–H and O–H groups in total. The molecule has 0 fully saturated rings. The summed E-state index contributed by atoms with van der Waals surface area (Å²) >= 11 is 0. The van der Waals surface area contributed by atoms with E-state index in [1.807, 2.05) is 18.2 Å². The van der Waals surface area contributed by atoms with Crippen LogP contribution in [0.25, 0.3) is 0 Å². The number of unbranched alkanes of at least 4 members (excludes halogenated alkanes) is 31. The van der Waals surface area contributed by atoms with Gasteiger partial charge in [0.15, 0.2) is 12.2 Å². The molecule has 0 bridgehead atoms. The molecule has 0 amide bonds.